The van der Waals surface area contributed by atoms with E-state index in [0.29, 0.717) is 5.56 Å². The van der Waals surface area contributed by atoms with Gasteiger partial charge in [-0.2, -0.15) is 24.5 Å². The summed E-state index contributed by atoms with van der Waals surface area (Å²) in [5.74, 6) is 0. The Morgan fingerprint density at radius 3 is 2.43 bits per heavy atom. The van der Waals surface area contributed by atoms with Crippen LogP contribution in [0.4, 0.5) is 18.0 Å². The van der Waals surface area contributed by atoms with Gasteiger partial charge in [0.25, 0.3) is 0 Å². The second kappa shape index (κ2) is 7.47. The maximum atomic E-state index is 12.4. The molecule has 124 valence electrons. The minimum atomic E-state index is -4.37. The van der Waals surface area contributed by atoms with Crippen LogP contribution in [0.25, 0.3) is 0 Å². The highest BCUT2D eigenvalue weighted by molar-refractivity contribution is 7.07. The summed E-state index contributed by atoms with van der Waals surface area (Å²) >= 11 is 1.44. The third-order valence-corrected chi connectivity index (χ3v) is 3.82. The Morgan fingerprint density at radius 2 is 1.87 bits per heavy atom. The van der Waals surface area contributed by atoms with E-state index < -0.39 is 23.9 Å². The number of urea groups is 1. The first-order valence-corrected chi connectivity index (χ1v) is 7.68. The third-order valence-electron chi connectivity index (χ3n) is 3.12. The Labute approximate surface area is 135 Å². The smallest absolute Gasteiger partial charge is 0.387 e. The summed E-state index contributed by atoms with van der Waals surface area (Å²) in [6, 6.07) is 5.81. The van der Waals surface area contributed by atoms with Crippen LogP contribution in [0.5, 0.6) is 0 Å². The summed E-state index contributed by atoms with van der Waals surface area (Å²) in [7, 11) is 0. The van der Waals surface area contributed by atoms with Crippen LogP contribution in [0.15, 0.2) is 41.1 Å². The lowest BCUT2D eigenvalue weighted by Gasteiger charge is -2.12. The molecular weight excluding hydrogens is 329 g/mol. The van der Waals surface area contributed by atoms with Gasteiger partial charge in [0.15, 0.2) is 0 Å². The van der Waals surface area contributed by atoms with Crippen molar-refractivity contribution in [3.63, 3.8) is 0 Å². The van der Waals surface area contributed by atoms with Gasteiger partial charge in [-0.15, -0.1) is 0 Å². The fourth-order valence-corrected chi connectivity index (χ4v) is 2.54. The van der Waals surface area contributed by atoms with E-state index in [-0.39, 0.29) is 13.1 Å². The van der Waals surface area contributed by atoms with E-state index in [1.54, 1.807) is 11.4 Å². The van der Waals surface area contributed by atoms with Gasteiger partial charge in [-0.1, -0.05) is 12.1 Å². The topological polar surface area (TPSA) is 61.4 Å². The van der Waals surface area contributed by atoms with Gasteiger partial charge in [-0.3, -0.25) is 0 Å². The molecule has 2 amide bonds. The predicted octanol–water partition coefficient (Wildman–Crippen LogP) is 3.30. The van der Waals surface area contributed by atoms with Crippen molar-refractivity contribution in [3.8, 4) is 0 Å². The molecule has 0 bridgehead atoms. The molecule has 1 aromatic heterocycles. The quantitative estimate of drug-likeness (QED) is 0.779. The molecule has 0 fully saturated rings. The highest BCUT2D eigenvalue weighted by atomic mass is 32.1. The number of aliphatic hydroxyl groups excluding tert-OH is 1. The second-order valence-electron chi connectivity index (χ2n) is 4.83. The molecule has 2 rings (SSSR count). The maximum Gasteiger partial charge on any atom is 0.416 e. The summed E-state index contributed by atoms with van der Waals surface area (Å²) in [5, 5.41) is 18.4. The molecule has 8 heteroatoms. The first kappa shape index (κ1) is 17.3. The van der Waals surface area contributed by atoms with Gasteiger partial charge in [0.2, 0.25) is 0 Å². The van der Waals surface area contributed by atoms with Crippen molar-refractivity contribution in [1.29, 1.82) is 0 Å². The number of aliphatic hydroxyl groups is 1. The molecule has 2 aromatic rings. The predicted molar refractivity (Wildman–Crippen MR) is 81.0 cm³/mol. The molecule has 3 N–H and O–H groups in total. The van der Waals surface area contributed by atoms with Crippen LogP contribution < -0.4 is 10.6 Å². The van der Waals surface area contributed by atoms with Crippen molar-refractivity contribution in [2.45, 2.75) is 18.8 Å². The molecule has 1 atom stereocenters. The molecule has 0 spiro atoms. The molecule has 0 saturated heterocycles. The third kappa shape index (κ3) is 5.26. The summed E-state index contributed by atoms with van der Waals surface area (Å²) in [4.78, 5) is 11.6. The first-order chi connectivity index (χ1) is 10.9. The number of rotatable bonds is 5. The molecule has 0 radical (unpaired) electrons. The molecule has 23 heavy (non-hydrogen) atoms. The number of thiophene rings is 1. The molecular formula is C15H15F3N2O2S. The zero-order valence-corrected chi connectivity index (χ0v) is 12.7. The highest BCUT2D eigenvalue weighted by Gasteiger charge is 2.29. The van der Waals surface area contributed by atoms with Gasteiger partial charge >= 0.3 is 12.2 Å². The Balaban J connectivity index is 1.76. The standard InChI is InChI=1S/C15H15F3N2O2S/c16-15(17,18)12-3-1-10(2-4-12)7-19-14(22)20-8-13(21)11-5-6-23-9-11/h1-6,9,13,21H,7-8H2,(H2,19,20,22). The minimum Gasteiger partial charge on any atom is -0.387 e. The summed E-state index contributed by atoms with van der Waals surface area (Å²) in [5.41, 5.74) is 0.536. The number of alkyl halides is 3. The number of amides is 2. The fraction of sp³-hybridized carbons (Fsp3) is 0.267. The monoisotopic (exact) mass is 344 g/mol. The van der Waals surface area contributed by atoms with Crippen molar-refractivity contribution < 1.29 is 23.1 Å². The van der Waals surface area contributed by atoms with E-state index in [1.165, 1.54) is 23.5 Å². The molecule has 0 saturated carbocycles. The number of hydrogen-bond donors (Lipinski definition) is 3. The van der Waals surface area contributed by atoms with Gasteiger partial charge in [-0.05, 0) is 40.1 Å². The van der Waals surface area contributed by atoms with Crippen LogP contribution in [0.1, 0.15) is 22.8 Å². The van der Waals surface area contributed by atoms with Crippen molar-refractivity contribution in [2.24, 2.45) is 0 Å². The first-order valence-electron chi connectivity index (χ1n) is 6.74. The molecule has 0 aliphatic carbocycles. The highest BCUT2D eigenvalue weighted by Crippen LogP contribution is 2.29. The van der Waals surface area contributed by atoms with Crippen LogP contribution in [0.2, 0.25) is 0 Å². The van der Waals surface area contributed by atoms with Gasteiger partial charge in [-0.25, -0.2) is 4.79 Å². The average Bonchev–Trinajstić information content (AvgIpc) is 3.04. The largest absolute Gasteiger partial charge is 0.416 e. The Morgan fingerprint density at radius 1 is 1.17 bits per heavy atom. The lowest BCUT2D eigenvalue weighted by atomic mass is 10.1. The van der Waals surface area contributed by atoms with Crippen molar-refractivity contribution in [2.75, 3.05) is 6.54 Å². The average molecular weight is 344 g/mol. The molecule has 1 unspecified atom stereocenters. The van der Waals surface area contributed by atoms with Crippen molar-refractivity contribution in [3.05, 3.63) is 57.8 Å². The van der Waals surface area contributed by atoms with Gasteiger partial charge in [0.05, 0.1) is 11.7 Å². The van der Waals surface area contributed by atoms with Gasteiger partial charge in [0.1, 0.15) is 0 Å². The number of halogens is 3. The molecule has 0 aliphatic heterocycles. The maximum absolute atomic E-state index is 12.4. The molecule has 1 aromatic carbocycles. The number of nitrogens with one attached hydrogen (secondary N) is 2. The van der Waals surface area contributed by atoms with Crippen LogP contribution in [0, 0.1) is 0 Å². The van der Waals surface area contributed by atoms with Crippen LogP contribution in [-0.2, 0) is 12.7 Å². The Hall–Kier alpha value is -2.06. The van der Waals surface area contributed by atoms with Crippen LogP contribution in [-0.4, -0.2) is 17.7 Å². The Bertz CT molecular complexity index is 627. The minimum absolute atomic E-state index is 0.0512. The van der Waals surface area contributed by atoms with Gasteiger partial charge in [0, 0.05) is 13.1 Å². The van der Waals surface area contributed by atoms with E-state index in [1.807, 2.05) is 5.38 Å². The van der Waals surface area contributed by atoms with Crippen LogP contribution >= 0.6 is 11.3 Å². The van der Waals surface area contributed by atoms with E-state index in [9.17, 15) is 23.1 Å². The molecule has 4 nitrogen and oxygen atoms in total. The number of carbonyl (C=O) groups is 1. The van der Waals surface area contributed by atoms with Gasteiger partial charge < -0.3 is 15.7 Å². The van der Waals surface area contributed by atoms with E-state index in [2.05, 4.69) is 10.6 Å². The Kier molecular flexibility index (Phi) is 5.62. The van der Waals surface area contributed by atoms with Crippen molar-refractivity contribution >= 4 is 17.4 Å². The number of benzene rings is 1. The van der Waals surface area contributed by atoms with E-state index in [0.717, 1.165) is 17.7 Å². The number of carbonyl (C=O) groups excluding carboxylic acids is 1. The van der Waals surface area contributed by atoms with Crippen molar-refractivity contribution in [1.82, 2.24) is 10.6 Å². The SMILES string of the molecule is O=C(NCc1ccc(C(F)(F)F)cc1)NCC(O)c1ccsc1. The number of hydrogen-bond acceptors (Lipinski definition) is 3. The normalized spacial score (nSPS) is 12.7. The summed E-state index contributed by atoms with van der Waals surface area (Å²) in [6.45, 7) is 0.147. The van der Waals surface area contributed by atoms with Crippen LogP contribution in [0.3, 0.4) is 0 Å². The lowest BCUT2D eigenvalue weighted by molar-refractivity contribution is -0.137. The molecule has 1 heterocycles. The van der Waals surface area contributed by atoms with E-state index >= 15 is 0 Å². The van der Waals surface area contributed by atoms with E-state index in [4.69, 9.17) is 0 Å². The summed E-state index contributed by atoms with van der Waals surface area (Å²) in [6.07, 6.45) is -5.17. The zero-order valence-electron chi connectivity index (χ0n) is 11.9. The lowest BCUT2D eigenvalue weighted by Crippen LogP contribution is -2.37. The summed E-state index contributed by atoms with van der Waals surface area (Å²) < 4.78 is 37.3. The zero-order chi connectivity index (χ0) is 16.9. The second-order valence-corrected chi connectivity index (χ2v) is 5.61. The molecule has 0 aliphatic rings. The fourth-order valence-electron chi connectivity index (χ4n) is 1.83.